The number of carbonyl (C=O) groups excluding carboxylic acids is 6. The van der Waals surface area contributed by atoms with Crippen molar-refractivity contribution in [2.24, 2.45) is 22.7 Å². The van der Waals surface area contributed by atoms with Gasteiger partial charge in [-0.3, -0.25) is 19.3 Å². The molecule has 0 spiro atoms. The number of fused-ring (bicyclic) bond motifs is 5. The number of carbonyl (C=O) groups is 6. The third-order valence-electron chi connectivity index (χ3n) is 17.2. The van der Waals surface area contributed by atoms with Crippen LogP contribution in [0.25, 0.3) is 0 Å². The second kappa shape index (κ2) is 22.1. The summed E-state index contributed by atoms with van der Waals surface area (Å²) in [5, 5.41) is 14.4. The van der Waals surface area contributed by atoms with E-state index in [1.165, 1.54) is 33.0 Å². The van der Waals surface area contributed by atoms with Gasteiger partial charge in [0, 0.05) is 43.7 Å². The molecule has 2 aromatic rings. The number of benzene rings is 2. The molecular weight excluding hydrogens is 1010 g/mol. The molecule has 2 heterocycles. The molecule has 77 heavy (non-hydrogen) atoms. The van der Waals surface area contributed by atoms with Crippen molar-refractivity contribution >= 4 is 44.1 Å². The first-order valence-corrected chi connectivity index (χ1v) is 29.6. The van der Waals surface area contributed by atoms with Gasteiger partial charge >= 0.3 is 30.0 Å². The number of Topliss-reactive ketones (excluding diaryl/α,β-unsaturated/α-hetero) is 1. The summed E-state index contributed by atoms with van der Waals surface area (Å²) in [4.78, 5) is 89.9. The van der Waals surface area contributed by atoms with Crippen molar-refractivity contribution in [2.45, 2.75) is 200 Å². The summed E-state index contributed by atoms with van der Waals surface area (Å²) in [5.74, 6) is -4.74. The SMILES string of the molecule is CC[Si](CC)(CC)O[C@H]1C[C@H]2OC[C@@]2(OC(C)=O)[C@H]2[C@H](OC(=O)c3ccccc3)[C@]3(O)C[C@H](OC(=O)[C@@H]4OC(c5ccc(OC)cc5OC)N(C(=O)OC(C)(C)C)[C@H]4CC(C)C)C(C)=C([C@@H](OC(C)=O)C(=O)[C@]12C)C3(C)C. The van der Waals surface area contributed by atoms with Gasteiger partial charge in [0.25, 0.3) is 0 Å². The zero-order chi connectivity index (χ0) is 57.0. The van der Waals surface area contributed by atoms with E-state index in [0.29, 0.717) is 35.2 Å². The van der Waals surface area contributed by atoms with E-state index in [0.717, 1.165) is 0 Å². The number of ketones is 1. The van der Waals surface area contributed by atoms with Crippen LogP contribution in [0.5, 0.6) is 11.5 Å². The molecule has 2 saturated carbocycles. The molecule has 12 atom stereocenters. The van der Waals surface area contributed by atoms with Crippen molar-refractivity contribution in [2.75, 3.05) is 20.8 Å². The van der Waals surface area contributed by atoms with Crippen LogP contribution < -0.4 is 9.47 Å². The normalized spacial score (nSPS) is 31.6. The van der Waals surface area contributed by atoms with Gasteiger partial charge in [-0.1, -0.05) is 66.7 Å². The molecule has 19 heteroatoms. The highest BCUT2D eigenvalue weighted by atomic mass is 28.4. The molecular formula is C58H81NO17Si. The quantitative estimate of drug-likeness (QED) is 0.0717. The number of amides is 1. The Morgan fingerprint density at radius 1 is 0.896 bits per heavy atom. The summed E-state index contributed by atoms with van der Waals surface area (Å²) in [6.45, 7) is 24.0. The molecule has 5 aliphatic rings. The van der Waals surface area contributed by atoms with E-state index < -0.39 is 133 Å². The van der Waals surface area contributed by atoms with Crippen LogP contribution in [0.4, 0.5) is 4.79 Å². The third kappa shape index (κ3) is 10.6. The topological polar surface area (TPSA) is 218 Å². The molecule has 2 bridgehead atoms. The molecule has 424 valence electrons. The molecule has 18 nitrogen and oxygen atoms in total. The number of methoxy groups -OCH3 is 2. The largest absolute Gasteiger partial charge is 0.497 e. The lowest BCUT2D eigenvalue weighted by atomic mass is 9.44. The Morgan fingerprint density at radius 3 is 2.08 bits per heavy atom. The monoisotopic (exact) mass is 1090 g/mol. The van der Waals surface area contributed by atoms with Gasteiger partial charge in [-0.15, -0.1) is 0 Å². The Labute approximate surface area is 454 Å². The fourth-order valence-electron chi connectivity index (χ4n) is 13.0. The maximum absolute atomic E-state index is 16.6. The fourth-order valence-corrected chi connectivity index (χ4v) is 16.0. The number of aliphatic hydroxyl groups is 1. The van der Waals surface area contributed by atoms with Crippen molar-refractivity contribution in [3.63, 3.8) is 0 Å². The Kier molecular flexibility index (Phi) is 17.0. The number of hydrogen-bond acceptors (Lipinski definition) is 17. The minimum absolute atomic E-state index is 0.0790. The second-order valence-electron chi connectivity index (χ2n) is 23.6. The minimum Gasteiger partial charge on any atom is -0.497 e. The van der Waals surface area contributed by atoms with Crippen molar-refractivity contribution < 1.29 is 80.9 Å². The van der Waals surface area contributed by atoms with E-state index in [-0.39, 0.29) is 42.1 Å². The van der Waals surface area contributed by atoms with Crippen LogP contribution in [0.15, 0.2) is 59.7 Å². The van der Waals surface area contributed by atoms with E-state index in [4.69, 9.17) is 47.1 Å². The standard InChI is InChI=1S/C58H81NO17Si/c1-17-77(18-2,19-3)76-42-29-43-57(31-69-43,74-35(8)61)47-49(73-51(63)36-23-21-20-22-24-36)58(66)30-41(33(6)44(55(58,12)13)46(70-34(7)60)48(62)56(42,47)14)71-52(64)45-39(27-32(4)5)59(53(65)75-54(9,10)11)50(72-45)38-26-25-37(67-15)28-40(38)68-16/h20-26,28,32,39,41-43,45-47,49-50,66H,17-19,27,29-31H2,1-16H3/t39-,41-,42-,43+,45+,46+,47-,49-,50?,56+,57-,58+/m0/s1. The summed E-state index contributed by atoms with van der Waals surface area (Å²) in [6, 6.07) is 14.2. The van der Waals surface area contributed by atoms with E-state index >= 15 is 9.59 Å². The van der Waals surface area contributed by atoms with E-state index in [2.05, 4.69) is 20.8 Å². The van der Waals surface area contributed by atoms with Crippen LogP contribution in [0.3, 0.4) is 0 Å². The van der Waals surface area contributed by atoms with Crippen molar-refractivity contribution in [3.8, 4) is 11.5 Å². The summed E-state index contributed by atoms with van der Waals surface area (Å²) < 4.78 is 63.7. The summed E-state index contributed by atoms with van der Waals surface area (Å²) in [6.07, 6.45) is -10.4. The van der Waals surface area contributed by atoms with Crippen LogP contribution in [0.1, 0.15) is 138 Å². The van der Waals surface area contributed by atoms with Crippen molar-refractivity contribution in [1.29, 1.82) is 0 Å². The lowest BCUT2D eigenvalue weighted by Crippen LogP contribution is -2.82. The molecule has 2 aromatic carbocycles. The highest BCUT2D eigenvalue weighted by molar-refractivity contribution is 6.73. The zero-order valence-corrected chi connectivity index (χ0v) is 48.8. The van der Waals surface area contributed by atoms with Crippen molar-refractivity contribution in [1.82, 2.24) is 4.90 Å². The predicted octanol–water partition coefficient (Wildman–Crippen LogP) is 9.00. The van der Waals surface area contributed by atoms with Crippen LogP contribution in [0.2, 0.25) is 18.1 Å². The van der Waals surface area contributed by atoms with Crippen LogP contribution in [0, 0.1) is 22.7 Å². The first-order chi connectivity index (χ1) is 36.0. The van der Waals surface area contributed by atoms with Gasteiger partial charge in [0.15, 0.2) is 38.1 Å². The van der Waals surface area contributed by atoms with Crippen LogP contribution in [-0.4, -0.2) is 134 Å². The van der Waals surface area contributed by atoms with Gasteiger partial charge in [0.05, 0.1) is 49.9 Å². The predicted molar refractivity (Wildman–Crippen MR) is 283 cm³/mol. The molecule has 1 amide bonds. The first kappa shape index (κ1) is 59.3. The lowest BCUT2D eigenvalue weighted by Gasteiger charge is -2.68. The maximum atomic E-state index is 16.6. The molecule has 2 saturated heterocycles. The van der Waals surface area contributed by atoms with Gasteiger partial charge in [0.1, 0.15) is 41.0 Å². The summed E-state index contributed by atoms with van der Waals surface area (Å²) >= 11 is 0. The van der Waals surface area contributed by atoms with Gasteiger partial charge in [-0.25, -0.2) is 14.4 Å². The van der Waals surface area contributed by atoms with Crippen LogP contribution >= 0.6 is 0 Å². The lowest BCUT2D eigenvalue weighted by molar-refractivity contribution is -0.344. The first-order valence-electron chi connectivity index (χ1n) is 27.0. The Bertz CT molecular complexity index is 2600. The number of esters is 4. The fraction of sp³-hybridized carbons (Fsp3) is 0.655. The van der Waals surface area contributed by atoms with Gasteiger partial charge in [-0.05, 0) is 101 Å². The molecule has 7 rings (SSSR count). The highest BCUT2D eigenvalue weighted by Crippen LogP contribution is 2.65. The molecule has 2 aliphatic heterocycles. The molecule has 0 radical (unpaired) electrons. The zero-order valence-electron chi connectivity index (χ0n) is 47.8. The van der Waals surface area contributed by atoms with Gasteiger partial charge < -0.3 is 52.2 Å². The minimum atomic E-state index is -2.66. The molecule has 3 aliphatic carbocycles. The number of ether oxygens (including phenoxy) is 9. The van der Waals surface area contributed by atoms with Crippen molar-refractivity contribution in [3.05, 3.63) is 70.8 Å². The van der Waals surface area contributed by atoms with Gasteiger partial charge in [-0.2, -0.15) is 0 Å². The third-order valence-corrected chi connectivity index (χ3v) is 21.9. The second-order valence-corrected chi connectivity index (χ2v) is 28.3. The molecule has 1 N–H and O–H groups in total. The van der Waals surface area contributed by atoms with E-state index in [9.17, 15) is 24.3 Å². The summed E-state index contributed by atoms with van der Waals surface area (Å²) in [7, 11) is 0.302. The molecule has 4 fully saturated rings. The van der Waals surface area contributed by atoms with Gasteiger partial charge in [0.2, 0.25) is 0 Å². The Balaban J connectivity index is 1.46. The van der Waals surface area contributed by atoms with E-state index in [1.807, 2.05) is 13.8 Å². The molecule has 1 unspecified atom stereocenters. The van der Waals surface area contributed by atoms with Crippen LogP contribution in [-0.2, 0) is 56.8 Å². The Hall–Kier alpha value is -5.34. The Morgan fingerprint density at radius 2 is 1.55 bits per heavy atom. The number of rotatable bonds is 16. The summed E-state index contributed by atoms with van der Waals surface area (Å²) in [5.41, 5.74) is -7.58. The average Bonchev–Trinajstić information content (AvgIpc) is 3.93. The molecule has 0 aromatic heterocycles. The smallest absolute Gasteiger partial charge is 0.413 e. The highest BCUT2D eigenvalue weighted by Gasteiger charge is 2.79. The average molecular weight is 1090 g/mol. The van der Waals surface area contributed by atoms with E-state index in [1.54, 1.807) is 97.0 Å². The number of hydrogen-bond donors (Lipinski definition) is 1. The number of nitrogens with zero attached hydrogens (tertiary/aromatic N) is 1. The maximum Gasteiger partial charge on any atom is 0.413 e.